The summed E-state index contributed by atoms with van der Waals surface area (Å²) in [5.41, 5.74) is 2.45. The number of nitrogens with zero attached hydrogens (tertiary/aromatic N) is 1. The predicted molar refractivity (Wildman–Crippen MR) is 73.1 cm³/mol. The summed E-state index contributed by atoms with van der Waals surface area (Å²) in [5, 5.41) is 9.76. The van der Waals surface area contributed by atoms with E-state index in [0.717, 1.165) is 31.7 Å². The van der Waals surface area contributed by atoms with E-state index in [9.17, 15) is 5.11 Å². The third kappa shape index (κ3) is 2.68. The highest BCUT2D eigenvalue weighted by Gasteiger charge is 2.36. The van der Waals surface area contributed by atoms with Gasteiger partial charge in [0.2, 0.25) is 0 Å². The zero-order valence-electron chi connectivity index (χ0n) is 11.6. The van der Waals surface area contributed by atoms with Gasteiger partial charge < -0.3 is 14.7 Å². The Morgan fingerprint density at radius 2 is 2.22 bits per heavy atom. The molecule has 1 unspecified atom stereocenters. The van der Waals surface area contributed by atoms with Crippen LogP contribution in [0, 0.1) is 12.3 Å². The Labute approximate surface area is 109 Å². The number of benzene rings is 1. The fourth-order valence-corrected chi connectivity index (χ4v) is 2.94. The van der Waals surface area contributed by atoms with Gasteiger partial charge in [-0.05, 0) is 45.0 Å². The molecule has 1 aromatic carbocycles. The Balaban J connectivity index is 2.24. The molecule has 1 aromatic rings. The zero-order valence-corrected chi connectivity index (χ0v) is 11.6. The second-order valence-corrected chi connectivity index (χ2v) is 5.64. The fourth-order valence-electron chi connectivity index (χ4n) is 2.94. The van der Waals surface area contributed by atoms with Crippen LogP contribution in [0.3, 0.4) is 0 Å². The van der Waals surface area contributed by atoms with E-state index < -0.39 is 0 Å². The molecule has 1 aliphatic heterocycles. The highest BCUT2D eigenvalue weighted by molar-refractivity contribution is 5.37. The van der Waals surface area contributed by atoms with Crippen LogP contribution in [-0.2, 0) is 6.42 Å². The summed E-state index contributed by atoms with van der Waals surface area (Å²) in [7, 11) is 3.82. The third-order valence-electron chi connectivity index (χ3n) is 3.97. The average molecular weight is 249 g/mol. The van der Waals surface area contributed by atoms with Gasteiger partial charge in [-0.1, -0.05) is 17.7 Å². The van der Waals surface area contributed by atoms with Crippen molar-refractivity contribution in [2.24, 2.45) is 5.41 Å². The molecule has 1 atom stereocenters. The molecule has 0 radical (unpaired) electrons. The number of likely N-dealkylation sites (tertiary alicyclic amines) is 1. The molecular formula is C15H23NO2. The van der Waals surface area contributed by atoms with Gasteiger partial charge in [0, 0.05) is 12.0 Å². The molecule has 3 heteroatoms. The Bertz CT molecular complexity index is 419. The minimum Gasteiger partial charge on any atom is -0.496 e. The third-order valence-corrected chi connectivity index (χ3v) is 3.97. The fraction of sp³-hybridized carbons (Fsp3) is 0.600. The van der Waals surface area contributed by atoms with Gasteiger partial charge in [0.25, 0.3) is 0 Å². The van der Waals surface area contributed by atoms with Crippen molar-refractivity contribution in [3.63, 3.8) is 0 Å². The van der Waals surface area contributed by atoms with E-state index in [1.165, 1.54) is 11.1 Å². The molecule has 2 rings (SSSR count). The highest BCUT2D eigenvalue weighted by Crippen LogP contribution is 2.35. The maximum atomic E-state index is 9.76. The molecule has 0 aliphatic carbocycles. The van der Waals surface area contributed by atoms with E-state index in [2.05, 4.69) is 31.0 Å². The van der Waals surface area contributed by atoms with Crippen LogP contribution >= 0.6 is 0 Å². The van der Waals surface area contributed by atoms with Gasteiger partial charge in [0.15, 0.2) is 0 Å². The lowest BCUT2D eigenvalue weighted by Gasteiger charge is -2.27. The smallest absolute Gasteiger partial charge is 0.122 e. The highest BCUT2D eigenvalue weighted by atomic mass is 16.5. The molecule has 0 saturated carbocycles. The van der Waals surface area contributed by atoms with Crippen molar-refractivity contribution < 1.29 is 9.84 Å². The summed E-state index contributed by atoms with van der Waals surface area (Å²) < 4.78 is 5.43. The van der Waals surface area contributed by atoms with Crippen LogP contribution in [0.15, 0.2) is 18.2 Å². The van der Waals surface area contributed by atoms with Crippen molar-refractivity contribution in [3.8, 4) is 5.75 Å². The number of ether oxygens (including phenoxy) is 1. The summed E-state index contributed by atoms with van der Waals surface area (Å²) in [4.78, 5) is 2.29. The van der Waals surface area contributed by atoms with E-state index in [4.69, 9.17) is 4.74 Å². The predicted octanol–water partition coefficient (Wildman–Crippen LogP) is 1.86. The summed E-state index contributed by atoms with van der Waals surface area (Å²) >= 11 is 0. The van der Waals surface area contributed by atoms with Crippen molar-refractivity contribution in [3.05, 3.63) is 29.3 Å². The van der Waals surface area contributed by atoms with Crippen LogP contribution in [0.5, 0.6) is 5.75 Å². The Morgan fingerprint density at radius 1 is 1.44 bits per heavy atom. The lowest BCUT2D eigenvalue weighted by atomic mass is 9.81. The van der Waals surface area contributed by atoms with Gasteiger partial charge in [-0.25, -0.2) is 0 Å². The number of hydrogen-bond donors (Lipinski definition) is 1. The lowest BCUT2D eigenvalue weighted by molar-refractivity contribution is 0.131. The standard InChI is InChI=1S/C15H23NO2/c1-12-4-5-14(18-3)13(8-12)9-15(11-17)6-7-16(2)10-15/h4-5,8,17H,6-7,9-11H2,1-3H3. The van der Waals surface area contributed by atoms with E-state index in [1.807, 2.05) is 6.07 Å². The topological polar surface area (TPSA) is 32.7 Å². The number of rotatable bonds is 4. The second kappa shape index (κ2) is 5.29. The number of hydrogen-bond acceptors (Lipinski definition) is 3. The Hall–Kier alpha value is -1.06. The van der Waals surface area contributed by atoms with Crippen LogP contribution in [0.2, 0.25) is 0 Å². The SMILES string of the molecule is COc1ccc(C)cc1CC1(CO)CCN(C)C1. The maximum Gasteiger partial charge on any atom is 0.122 e. The molecule has 1 saturated heterocycles. The minimum atomic E-state index is -0.00414. The van der Waals surface area contributed by atoms with Gasteiger partial charge in [0.05, 0.1) is 13.7 Å². The van der Waals surface area contributed by atoms with Crippen LogP contribution in [-0.4, -0.2) is 43.9 Å². The van der Waals surface area contributed by atoms with Gasteiger partial charge in [-0.2, -0.15) is 0 Å². The van der Waals surface area contributed by atoms with Gasteiger partial charge in [-0.15, -0.1) is 0 Å². The van der Waals surface area contributed by atoms with E-state index in [0.29, 0.717) is 0 Å². The van der Waals surface area contributed by atoms with Crippen molar-refractivity contribution in [2.45, 2.75) is 19.8 Å². The monoisotopic (exact) mass is 249 g/mol. The molecule has 0 spiro atoms. The normalized spacial score (nSPS) is 24.4. The molecule has 1 fully saturated rings. The molecule has 1 N–H and O–H groups in total. The van der Waals surface area contributed by atoms with Crippen molar-refractivity contribution in [2.75, 3.05) is 33.9 Å². The lowest BCUT2D eigenvalue weighted by Crippen LogP contribution is -2.31. The van der Waals surface area contributed by atoms with Crippen LogP contribution in [0.25, 0.3) is 0 Å². The minimum absolute atomic E-state index is 0.00414. The van der Waals surface area contributed by atoms with E-state index in [-0.39, 0.29) is 12.0 Å². The zero-order chi connectivity index (χ0) is 13.2. The summed E-state index contributed by atoms with van der Waals surface area (Å²) in [6, 6.07) is 6.26. The van der Waals surface area contributed by atoms with E-state index in [1.54, 1.807) is 7.11 Å². The molecule has 100 valence electrons. The Morgan fingerprint density at radius 3 is 2.78 bits per heavy atom. The molecule has 1 aliphatic rings. The molecule has 18 heavy (non-hydrogen) atoms. The quantitative estimate of drug-likeness (QED) is 0.884. The molecule has 0 amide bonds. The summed E-state index contributed by atoms with van der Waals surface area (Å²) in [5.74, 6) is 0.933. The number of aliphatic hydroxyl groups is 1. The van der Waals surface area contributed by atoms with Crippen molar-refractivity contribution >= 4 is 0 Å². The molecule has 1 heterocycles. The van der Waals surface area contributed by atoms with Gasteiger partial charge >= 0.3 is 0 Å². The summed E-state index contributed by atoms with van der Waals surface area (Å²) in [6.07, 6.45) is 1.94. The van der Waals surface area contributed by atoms with Crippen molar-refractivity contribution in [1.82, 2.24) is 4.90 Å². The first-order valence-corrected chi connectivity index (χ1v) is 6.51. The van der Waals surface area contributed by atoms with Gasteiger partial charge in [0.1, 0.15) is 5.75 Å². The van der Waals surface area contributed by atoms with Crippen LogP contribution in [0.4, 0.5) is 0 Å². The first-order chi connectivity index (χ1) is 8.58. The Kier molecular flexibility index (Phi) is 3.93. The number of methoxy groups -OCH3 is 1. The van der Waals surface area contributed by atoms with E-state index >= 15 is 0 Å². The molecule has 0 bridgehead atoms. The molecule has 3 nitrogen and oxygen atoms in total. The first kappa shape index (κ1) is 13.4. The average Bonchev–Trinajstić information content (AvgIpc) is 2.72. The second-order valence-electron chi connectivity index (χ2n) is 5.64. The number of aliphatic hydroxyl groups excluding tert-OH is 1. The summed E-state index contributed by atoms with van der Waals surface area (Å²) in [6.45, 7) is 4.36. The van der Waals surface area contributed by atoms with Gasteiger partial charge in [-0.3, -0.25) is 0 Å². The largest absolute Gasteiger partial charge is 0.496 e. The van der Waals surface area contributed by atoms with Crippen LogP contribution in [0.1, 0.15) is 17.5 Å². The first-order valence-electron chi connectivity index (χ1n) is 6.51. The molecular weight excluding hydrogens is 226 g/mol. The maximum absolute atomic E-state index is 9.76. The van der Waals surface area contributed by atoms with Crippen molar-refractivity contribution in [1.29, 1.82) is 0 Å². The molecule has 0 aromatic heterocycles. The van der Waals surface area contributed by atoms with Crippen LogP contribution < -0.4 is 4.74 Å². The number of aryl methyl sites for hydroxylation is 1.